The zero-order valence-electron chi connectivity index (χ0n) is 13.0. The highest BCUT2D eigenvalue weighted by molar-refractivity contribution is 7.99. The van der Waals surface area contributed by atoms with Crippen LogP contribution in [0.3, 0.4) is 0 Å². The Morgan fingerprint density at radius 2 is 1.91 bits per heavy atom. The molecule has 0 radical (unpaired) electrons. The maximum atomic E-state index is 12.7. The molecular weight excluding hydrogens is 322 g/mol. The number of anilines is 1. The fourth-order valence-electron chi connectivity index (χ4n) is 2.14. The highest BCUT2D eigenvalue weighted by Crippen LogP contribution is 2.25. The molecule has 0 aromatic heterocycles. The molecular formula is C14H21N3O3S2. The van der Waals surface area contributed by atoms with Crippen LogP contribution in [-0.2, 0) is 10.2 Å². The van der Waals surface area contributed by atoms with Crippen LogP contribution >= 0.6 is 11.8 Å². The summed E-state index contributed by atoms with van der Waals surface area (Å²) < 4.78 is 27.8. The van der Waals surface area contributed by atoms with Gasteiger partial charge in [0, 0.05) is 38.7 Å². The Kier molecular flexibility index (Phi) is 5.36. The minimum atomic E-state index is -3.65. The number of aryl methyl sites for hydroxylation is 1. The van der Waals surface area contributed by atoms with Gasteiger partial charge in [-0.1, -0.05) is 12.1 Å². The van der Waals surface area contributed by atoms with E-state index in [0.29, 0.717) is 24.3 Å². The molecule has 1 N–H and O–H groups in total. The first-order valence-electron chi connectivity index (χ1n) is 7.00. The number of nitrogens with one attached hydrogen (secondary N) is 1. The van der Waals surface area contributed by atoms with Gasteiger partial charge in [-0.3, -0.25) is 9.52 Å². The molecule has 2 rings (SSSR count). The molecule has 1 saturated heterocycles. The number of benzene rings is 1. The maximum absolute atomic E-state index is 12.7. The number of hydrogen-bond donors (Lipinski definition) is 1. The fourth-order valence-corrected chi connectivity index (χ4v) is 3.75. The Hall–Kier alpha value is -1.25. The number of carbonyl (C=O) groups is 1. The molecule has 0 bridgehead atoms. The lowest BCUT2D eigenvalue weighted by molar-refractivity contribution is 0.0773. The lowest BCUT2D eigenvalue weighted by Gasteiger charge is -2.28. The van der Waals surface area contributed by atoms with Crippen molar-refractivity contribution in [1.29, 1.82) is 0 Å². The van der Waals surface area contributed by atoms with E-state index >= 15 is 0 Å². The molecule has 8 heteroatoms. The Labute approximate surface area is 136 Å². The van der Waals surface area contributed by atoms with Gasteiger partial charge in [0.05, 0.1) is 11.3 Å². The number of para-hydroxylation sites is 1. The molecule has 0 atom stereocenters. The summed E-state index contributed by atoms with van der Waals surface area (Å²) in [6, 6.07) is 5.23. The standard InChI is InChI=1S/C14H21N3O3S2/c1-11-5-4-6-12(13(11)15-22(19,20)16(2)3)14(18)17-7-9-21-10-8-17/h4-6,15H,7-10H2,1-3H3. The normalized spacial score (nSPS) is 15.9. The Bertz CT molecular complexity index is 653. The zero-order valence-corrected chi connectivity index (χ0v) is 14.6. The zero-order chi connectivity index (χ0) is 16.3. The molecule has 1 aromatic rings. The van der Waals surface area contributed by atoms with Gasteiger partial charge in [0.25, 0.3) is 5.91 Å². The first-order valence-corrected chi connectivity index (χ1v) is 9.59. The van der Waals surface area contributed by atoms with Crippen molar-refractivity contribution >= 4 is 33.6 Å². The van der Waals surface area contributed by atoms with E-state index in [2.05, 4.69) is 4.72 Å². The van der Waals surface area contributed by atoms with E-state index in [1.165, 1.54) is 14.1 Å². The summed E-state index contributed by atoms with van der Waals surface area (Å²) in [6.45, 7) is 3.17. The van der Waals surface area contributed by atoms with Crippen LogP contribution in [0.25, 0.3) is 0 Å². The van der Waals surface area contributed by atoms with E-state index in [4.69, 9.17) is 0 Å². The average Bonchev–Trinajstić information content (AvgIpc) is 2.49. The third-order valence-electron chi connectivity index (χ3n) is 3.51. The van der Waals surface area contributed by atoms with Gasteiger partial charge in [0.1, 0.15) is 0 Å². The Morgan fingerprint density at radius 1 is 1.27 bits per heavy atom. The predicted octanol–water partition coefficient (Wildman–Crippen LogP) is 1.40. The van der Waals surface area contributed by atoms with Crippen LogP contribution in [0, 0.1) is 6.92 Å². The third-order valence-corrected chi connectivity index (χ3v) is 5.88. The second kappa shape index (κ2) is 6.89. The number of amides is 1. The summed E-state index contributed by atoms with van der Waals surface area (Å²) in [4.78, 5) is 14.5. The molecule has 1 fully saturated rings. The molecule has 1 amide bonds. The molecule has 1 heterocycles. The van der Waals surface area contributed by atoms with Crippen LogP contribution in [0.5, 0.6) is 0 Å². The van der Waals surface area contributed by atoms with E-state index in [0.717, 1.165) is 21.4 Å². The number of carbonyl (C=O) groups excluding carboxylic acids is 1. The van der Waals surface area contributed by atoms with Gasteiger partial charge in [0.2, 0.25) is 0 Å². The van der Waals surface area contributed by atoms with E-state index in [1.807, 2.05) is 11.8 Å². The van der Waals surface area contributed by atoms with Crippen LogP contribution in [0.2, 0.25) is 0 Å². The van der Waals surface area contributed by atoms with E-state index < -0.39 is 10.2 Å². The van der Waals surface area contributed by atoms with Gasteiger partial charge >= 0.3 is 10.2 Å². The van der Waals surface area contributed by atoms with Gasteiger partial charge in [-0.05, 0) is 18.6 Å². The lowest BCUT2D eigenvalue weighted by atomic mass is 10.1. The third kappa shape index (κ3) is 3.74. The van der Waals surface area contributed by atoms with E-state index in [1.54, 1.807) is 30.0 Å². The number of hydrogen-bond acceptors (Lipinski definition) is 4. The van der Waals surface area contributed by atoms with Crippen LogP contribution in [0.1, 0.15) is 15.9 Å². The van der Waals surface area contributed by atoms with Crippen molar-refractivity contribution in [3.8, 4) is 0 Å². The van der Waals surface area contributed by atoms with Crippen LogP contribution < -0.4 is 4.72 Å². The summed E-state index contributed by atoms with van der Waals surface area (Å²) in [5, 5.41) is 0. The first-order chi connectivity index (χ1) is 10.3. The minimum absolute atomic E-state index is 0.125. The molecule has 122 valence electrons. The molecule has 0 unspecified atom stereocenters. The van der Waals surface area contributed by atoms with Crippen LogP contribution in [-0.4, -0.2) is 62.2 Å². The molecule has 1 aliphatic rings. The summed E-state index contributed by atoms with van der Waals surface area (Å²) in [5.41, 5.74) is 1.49. The summed E-state index contributed by atoms with van der Waals surface area (Å²) in [5.74, 6) is 1.70. The fraction of sp³-hybridized carbons (Fsp3) is 0.500. The largest absolute Gasteiger partial charge is 0.337 e. The van der Waals surface area contributed by atoms with E-state index in [9.17, 15) is 13.2 Å². The second-order valence-electron chi connectivity index (χ2n) is 5.29. The lowest BCUT2D eigenvalue weighted by Crippen LogP contribution is -2.38. The smallest absolute Gasteiger partial charge is 0.301 e. The van der Waals surface area contributed by atoms with Crippen LogP contribution in [0.4, 0.5) is 5.69 Å². The molecule has 22 heavy (non-hydrogen) atoms. The molecule has 1 aliphatic heterocycles. The Morgan fingerprint density at radius 3 is 2.50 bits per heavy atom. The SMILES string of the molecule is Cc1cccc(C(=O)N2CCSCC2)c1NS(=O)(=O)N(C)C. The van der Waals surface area contributed by atoms with Crippen molar-refractivity contribution in [2.45, 2.75) is 6.92 Å². The molecule has 1 aromatic carbocycles. The van der Waals surface area contributed by atoms with Crippen molar-refractivity contribution < 1.29 is 13.2 Å². The molecule has 6 nitrogen and oxygen atoms in total. The van der Waals surface area contributed by atoms with Crippen LogP contribution in [0.15, 0.2) is 18.2 Å². The first kappa shape index (κ1) is 17.1. The average molecular weight is 343 g/mol. The summed E-state index contributed by atoms with van der Waals surface area (Å²) in [7, 11) is -0.755. The molecule has 0 aliphatic carbocycles. The highest BCUT2D eigenvalue weighted by atomic mass is 32.2. The Balaban J connectivity index is 2.36. The monoisotopic (exact) mass is 343 g/mol. The van der Waals surface area contributed by atoms with Gasteiger partial charge < -0.3 is 4.90 Å². The highest BCUT2D eigenvalue weighted by Gasteiger charge is 2.24. The number of thioether (sulfide) groups is 1. The van der Waals surface area contributed by atoms with Gasteiger partial charge in [0.15, 0.2) is 0 Å². The number of rotatable bonds is 4. The van der Waals surface area contributed by atoms with Gasteiger partial charge in [-0.15, -0.1) is 0 Å². The second-order valence-corrected chi connectivity index (χ2v) is 8.40. The van der Waals surface area contributed by atoms with Crippen molar-refractivity contribution in [1.82, 2.24) is 9.21 Å². The molecule has 0 saturated carbocycles. The van der Waals surface area contributed by atoms with Crippen molar-refractivity contribution in [2.75, 3.05) is 43.4 Å². The van der Waals surface area contributed by atoms with E-state index in [-0.39, 0.29) is 5.91 Å². The summed E-state index contributed by atoms with van der Waals surface area (Å²) in [6.07, 6.45) is 0. The van der Waals surface area contributed by atoms with Gasteiger partial charge in [-0.25, -0.2) is 0 Å². The topological polar surface area (TPSA) is 69.7 Å². The number of nitrogens with zero attached hydrogens (tertiary/aromatic N) is 2. The van der Waals surface area contributed by atoms with Crippen molar-refractivity contribution in [3.05, 3.63) is 29.3 Å². The van der Waals surface area contributed by atoms with Crippen molar-refractivity contribution in [2.24, 2.45) is 0 Å². The minimum Gasteiger partial charge on any atom is -0.337 e. The van der Waals surface area contributed by atoms with Crippen molar-refractivity contribution in [3.63, 3.8) is 0 Å². The predicted molar refractivity (Wildman–Crippen MR) is 90.6 cm³/mol. The van der Waals surface area contributed by atoms with Gasteiger partial charge in [-0.2, -0.15) is 24.5 Å². The maximum Gasteiger partial charge on any atom is 0.301 e. The summed E-state index contributed by atoms with van der Waals surface area (Å²) >= 11 is 1.82. The molecule has 0 spiro atoms. The quantitative estimate of drug-likeness (QED) is 0.897.